The molecule has 0 aliphatic carbocycles. The molecule has 35 heavy (non-hydrogen) atoms. The van der Waals surface area contributed by atoms with Crippen LogP contribution < -0.4 is 19.9 Å². The number of benzene rings is 3. The Morgan fingerprint density at radius 2 is 1.74 bits per heavy atom. The van der Waals surface area contributed by atoms with Gasteiger partial charge in [0.15, 0.2) is 0 Å². The van der Waals surface area contributed by atoms with E-state index in [9.17, 15) is 14.4 Å². The lowest BCUT2D eigenvalue weighted by Gasteiger charge is -2.32. The number of nitrogens with one attached hydrogen (secondary N) is 1. The normalized spacial score (nSPS) is 16.8. The van der Waals surface area contributed by atoms with Gasteiger partial charge < -0.3 is 9.64 Å². The number of imide groups is 2. The standard InChI is InChI=1S/C28H25N3O4/c1-35-23-12-10-22(11-13-23)31-27(33)24(26(32)29-28(31)34)17-20-9-14-25-21(16-20)8-5-15-30(25)18-19-6-3-2-4-7-19/h2-4,6-7,9-14,16-17H,5,8,15,18H2,1H3,(H,29,32,34)/b24-17+. The molecule has 4 amide bonds. The van der Waals surface area contributed by atoms with Crippen molar-refractivity contribution in [2.45, 2.75) is 19.4 Å². The third-order valence-corrected chi connectivity index (χ3v) is 6.28. The highest BCUT2D eigenvalue weighted by atomic mass is 16.5. The molecule has 7 nitrogen and oxygen atoms in total. The SMILES string of the molecule is COc1ccc(N2C(=O)NC(=O)/C(=C\c3ccc4c(c3)CCCN4Cc3ccccc3)C2=O)cc1. The van der Waals surface area contributed by atoms with Crippen molar-refractivity contribution in [1.82, 2.24) is 5.32 Å². The number of methoxy groups -OCH3 is 1. The maximum atomic E-state index is 13.2. The summed E-state index contributed by atoms with van der Waals surface area (Å²) in [5.41, 5.74) is 4.60. The highest BCUT2D eigenvalue weighted by molar-refractivity contribution is 6.39. The zero-order valence-corrected chi connectivity index (χ0v) is 19.4. The molecular weight excluding hydrogens is 442 g/mol. The number of aryl methyl sites for hydroxylation is 1. The number of rotatable bonds is 5. The van der Waals surface area contributed by atoms with Gasteiger partial charge in [0, 0.05) is 18.8 Å². The molecule has 0 aromatic heterocycles. The van der Waals surface area contributed by atoms with Gasteiger partial charge in [-0.25, -0.2) is 9.69 Å². The first kappa shape index (κ1) is 22.4. The van der Waals surface area contributed by atoms with Gasteiger partial charge >= 0.3 is 6.03 Å². The summed E-state index contributed by atoms with van der Waals surface area (Å²) in [5.74, 6) is -0.763. The zero-order valence-electron chi connectivity index (χ0n) is 19.4. The summed E-state index contributed by atoms with van der Waals surface area (Å²) >= 11 is 0. The molecule has 2 aliphatic heterocycles. The Bertz CT molecular complexity index is 1320. The molecular formula is C28H25N3O4. The van der Waals surface area contributed by atoms with Crippen LogP contribution in [0.25, 0.3) is 6.08 Å². The number of nitrogens with zero attached hydrogens (tertiary/aromatic N) is 2. The van der Waals surface area contributed by atoms with Crippen LogP contribution in [0, 0.1) is 0 Å². The van der Waals surface area contributed by atoms with Gasteiger partial charge in [-0.15, -0.1) is 0 Å². The Kier molecular flexibility index (Phi) is 6.06. The van der Waals surface area contributed by atoms with E-state index >= 15 is 0 Å². The molecule has 0 saturated carbocycles. The molecule has 3 aromatic rings. The second-order valence-electron chi connectivity index (χ2n) is 8.55. The van der Waals surface area contributed by atoms with Crippen LogP contribution in [-0.4, -0.2) is 31.5 Å². The van der Waals surface area contributed by atoms with Crippen LogP contribution in [0.5, 0.6) is 5.75 Å². The number of hydrogen-bond acceptors (Lipinski definition) is 5. The maximum Gasteiger partial charge on any atom is 0.335 e. The summed E-state index contributed by atoms with van der Waals surface area (Å²) in [6.07, 6.45) is 3.50. The molecule has 1 saturated heterocycles. The minimum Gasteiger partial charge on any atom is -0.497 e. The average molecular weight is 468 g/mol. The largest absolute Gasteiger partial charge is 0.497 e. The maximum absolute atomic E-state index is 13.2. The van der Waals surface area contributed by atoms with Crippen LogP contribution in [0.15, 0.2) is 78.4 Å². The van der Waals surface area contributed by atoms with E-state index in [-0.39, 0.29) is 5.57 Å². The fraction of sp³-hybridized carbons (Fsp3) is 0.179. The second kappa shape index (κ2) is 9.46. The number of carbonyl (C=O) groups excluding carboxylic acids is 3. The Labute approximate surface area is 203 Å². The van der Waals surface area contributed by atoms with E-state index in [0.717, 1.165) is 42.1 Å². The van der Waals surface area contributed by atoms with Crippen LogP contribution in [0.3, 0.4) is 0 Å². The quantitative estimate of drug-likeness (QED) is 0.447. The molecule has 5 rings (SSSR count). The number of urea groups is 1. The van der Waals surface area contributed by atoms with Crippen molar-refractivity contribution in [2.24, 2.45) is 0 Å². The summed E-state index contributed by atoms with van der Waals surface area (Å²) < 4.78 is 5.14. The van der Waals surface area contributed by atoms with Gasteiger partial charge in [-0.1, -0.05) is 36.4 Å². The lowest BCUT2D eigenvalue weighted by atomic mass is 9.97. The Morgan fingerprint density at radius 3 is 2.49 bits per heavy atom. The van der Waals surface area contributed by atoms with E-state index < -0.39 is 17.8 Å². The second-order valence-corrected chi connectivity index (χ2v) is 8.55. The first-order valence-electron chi connectivity index (χ1n) is 11.5. The minimum atomic E-state index is -0.774. The molecule has 0 bridgehead atoms. The van der Waals surface area contributed by atoms with Gasteiger partial charge in [0.25, 0.3) is 11.8 Å². The van der Waals surface area contributed by atoms with Gasteiger partial charge in [-0.2, -0.15) is 0 Å². The molecule has 176 valence electrons. The van der Waals surface area contributed by atoms with Crippen molar-refractivity contribution in [3.05, 3.63) is 95.1 Å². The van der Waals surface area contributed by atoms with E-state index in [1.165, 1.54) is 18.2 Å². The summed E-state index contributed by atoms with van der Waals surface area (Å²) in [6, 6.07) is 22.0. The molecule has 0 atom stereocenters. The number of anilines is 2. The van der Waals surface area contributed by atoms with Gasteiger partial charge in [0.2, 0.25) is 0 Å². The minimum absolute atomic E-state index is 0.0858. The van der Waals surface area contributed by atoms with Crippen molar-refractivity contribution in [2.75, 3.05) is 23.5 Å². The fourth-order valence-corrected chi connectivity index (χ4v) is 4.54. The molecule has 2 heterocycles. The predicted octanol–water partition coefficient (Wildman–Crippen LogP) is 4.31. The van der Waals surface area contributed by atoms with Gasteiger partial charge in [-0.05, 0) is 72.0 Å². The van der Waals surface area contributed by atoms with Crippen LogP contribution in [0.4, 0.5) is 16.2 Å². The Hall–Kier alpha value is -4.39. The van der Waals surface area contributed by atoms with Crippen molar-refractivity contribution < 1.29 is 19.1 Å². The van der Waals surface area contributed by atoms with Crippen LogP contribution in [-0.2, 0) is 22.6 Å². The smallest absolute Gasteiger partial charge is 0.335 e. The van der Waals surface area contributed by atoms with Crippen LogP contribution >= 0.6 is 0 Å². The van der Waals surface area contributed by atoms with E-state index in [4.69, 9.17) is 4.74 Å². The monoisotopic (exact) mass is 467 g/mol. The molecule has 1 fully saturated rings. The van der Waals surface area contributed by atoms with Crippen molar-refractivity contribution in [3.63, 3.8) is 0 Å². The third kappa shape index (κ3) is 4.53. The van der Waals surface area contributed by atoms with E-state index in [1.54, 1.807) is 30.3 Å². The molecule has 2 aliphatic rings. The molecule has 7 heteroatoms. The summed E-state index contributed by atoms with van der Waals surface area (Å²) in [4.78, 5) is 41.5. The lowest BCUT2D eigenvalue weighted by Crippen LogP contribution is -2.54. The topological polar surface area (TPSA) is 79.0 Å². The molecule has 0 unspecified atom stereocenters. The van der Waals surface area contributed by atoms with Gasteiger partial charge in [0.1, 0.15) is 11.3 Å². The van der Waals surface area contributed by atoms with Gasteiger partial charge in [0.05, 0.1) is 12.8 Å². The number of hydrogen-bond donors (Lipinski definition) is 1. The Balaban J connectivity index is 1.42. The first-order chi connectivity index (χ1) is 17.0. The summed E-state index contributed by atoms with van der Waals surface area (Å²) in [5, 5.41) is 2.27. The van der Waals surface area contributed by atoms with E-state index in [2.05, 4.69) is 22.3 Å². The number of carbonyl (C=O) groups is 3. The predicted molar refractivity (Wildman–Crippen MR) is 134 cm³/mol. The van der Waals surface area contributed by atoms with Crippen molar-refractivity contribution in [1.29, 1.82) is 0 Å². The highest BCUT2D eigenvalue weighted by Gasteiger charge is 2.36. The zero-order chi connectivity index (χ0) is 24.4. The number of ether oxygens (including phenoxy) is 1. The number of fused-ring (bicyclic) bond motifs is 1. The van der Waals surface area contributed by atoms with Crippen molar-refractivity contribution >= 4 is 35.3 Å². The highest BCUT2D eigenvalue weighted by Crippen LogP contribution is 2.31. The molecule has 3 aromatic carbocycles. The number of amides is 4. The van der Waals surface area contributed by atoms with Crippen molar-refractivity contribution in [3.8, 4) is 5.75 Å². The summed E-state index contributed by atoms with van der Waals surface area (Å²) in [7, 11) is 1.53. The van der Waals surface area contributed by atoms with Crippen LogP contribution in [0.1, 0.15) is 23.1 Å². The Morgan fingerprint density at radius 1 is 0.971 bits per heavy atom. The summed E-state index contributed by atoms with van der Waals surface area (Å²) in [6.45, 7) is 1.80. The van der Waals surface area contributed by atoms with E-state index in [1.807, 2.05) is 36.4 Å². The average Bonchev–Trinajstić information content (AvgIpc) is 2.87. The van der Waals surface area contributed by atoms with E-state index in [0.29, 0.717) is 11.4 Å². The van der Waals surface area contributed by atoms with Gasteiger partial charge in [-0.3, -0.25) is 14.9 Å². The van der Waals surface area contributed by atoms with Crippen LogP contribution in [0.2, 0.25) is 0 Å². The fourth-order valence-electron chi connectivity index (χ4n) is 4.54. The molecule has 0 radical (unpaired) electrons. The lowest BCUT2D eigenvalue weighted by molar-refractivity contribution is -0.122. The molecule has 1 N–H and O–H groups in total. The molecule has 0 spiro atoms. The number of barbiturate groups is 1. The third-order valence-electron chi connectivity index (χ3n) is 6.28. The first-order valence-corrected chi connectivity index (χ1v) is 11.5.